The molecule has 14 heteroatoms. The monoisotopic (exact) mass is 613 g/mol. The molecule has 42 heavy (non-hydrogen) atoms. The number of nitrogens with one attached hydrogen (secondary N) is 2. The zero-order chi connectivity index (χ0) is 30.9. The molecule has 1 aliphatic carbocycles. The lowest BCUT2D eigenvalue weighted by atomic mass is 9.90. The Morgan fingerprint density at radius 1 is 1.07 bits per heavy atom. The van der Waals surface area contributed by atoms with Crippen molar-refractivity contribution in [3.63, 3.8) is 0 Å². The number of likely N-dealkylation sites (N-methyl/N-ethyl adjacent to an activating group) is 1. The lowest BCUT2D eigenvalue weighted by Gasteiger charge is -2.43. The van der Waals surface area contributed by atoms with Crippen LogP contribution in [0.5, 0.6) is 5.75 Å². The smallest absolute Gasteiger partial charge is 0.421 e. The van der Waals surface area contributed by atoms with Crippen molar-refractivity contribution in [2.75, 3.05) is 62.1 Å². The van der Waals surface area contributed by atoms with E-state index in [-0.39, 0.29) is 11.5 Å². The Morgan fingerprint density at radius 2 is 1.74 bits per heavy atom. The predicted molar refractivity (Wildman–Crippen MR) is 159 cm³/mol. The second-order valence-electron chi connectivity index (χ2n) is 12.0. The van der Waals surface area contributed by atoms with Gasteiger partial charge >= 0.3 is 6.18 Å². The molecule has 1 aromatic carbocycles. The van der Waals surface area contributed by atoms with E-state index in [1.165, 1.54) is 18.5 Å². The number of sulfonamides is 1. The van der Waals surface area contributed by atoms with E-state index in [1.807, 2.05) is 12.1 Å². The summed E-state index contributed by atoms with van der Waals surface area (Å²) in [5.41, 5.74) is 0.581. The van der Waals surface area contributed by atoms with Crippen LogP contribution in [0.4, 0.5) is 36.3 Å². The van der Waals surface area contributed by atoms with Crippen molar-refractivity contribution >= 4 is 33.2 Å². The van der Waals surface area contributed by atoms with Crippen LogP contribution in [0.1, 0.15) is 52.0 Å². The van der Waals surface area contributed by atoms with Gasteiger partial charge in [-0.05, 0) is 45.7 Å². The highest BCUT2D eigenvalue weighted by Crippen LogP contribution is 2.37. The first kappa shape index (κ1) is 32.1. The molecule has 1 saturated carbocycles. The predicted octanol–water partition coefficient (Wildman–Crippen LogP) is 4.78. The minimum absolute atomic E-state index is 0.0424. The molecule has 234 valence electrons. The molecule has 0 unspecified atom stereocenters. The van der Waals surface area contributed by atoms with Crippen LogP contribution in [0.15, 0.2) is 24.4 Å². The molecule has 2 aliphatic rings. The van der Waals surface area contributed by atoms with E-state index in [0.29, 0.717) is 24.3 Å². The maximum absolute atomic E-state index is 14.0. The maximum Gasteiger partial charge on any atom is 0.421 e. The summed E-state index contributed by atoms with van der Waals surface area (Å²) in [6.45, 7) is 10.2. The first-order valence-corrected chi connectivity index (χ1v) is 16.0. The van der Waals surface area contributed by atoms with Crippen molar-refractivity contribution in [2.45, 2.75) is 70.3 Å². The molecule has 0 radical (unpaired) electrons. The van der Waals surface area contributed by atoms with Crippen LogP contribution in [0.25, 0.3) is 0 Å². The summed E-state index contributed by atoms with van der Waals surface area (Å²) >= 11 is 0. The Hall–Kier alpha value is -2.84. The molecular weight excluding hydrogens is 571 g/mol. The molecule has 10 nitrogen and oxygen atoms in total. The normalized spacial score (nSPS) is 21.0. The summed E-state index contributed by atoms with van der Waals surface area (Å²) in [4.78, 5) is 12.9. The molecule has 1 aliphatic heterocycles. The van der Waals surface area contributed by atoms with Gasteiger partial charge in [-0.15, -0.1) is 0 Å². The number of aromatic nitrogens is 2. The maximum atomic E-state index is 14.0. The number of methoxy groups -OCH3 is 1. The van der Waals surface area contributed by atoms with Crippen LogP contribution < -0.4 is 20.3 Å². The van der Waals surface area contributed by atoms with Gasteiger partial charge in [-0.2, -0.15) is 18.2 Å². The Balaban J connectivity index is 1.57. The fraction of sp³-hybridized carbons (Fsp3) is 0.643. The molecule has 2 fully saturated rings. The van der Waals surface area contributed by atoms with E-state index < -0.39 is 39.7 Å². The van der Waals surface area contributed by atoms with E-state index in [0.717, 1.165) is 57.2 Å². The highest BCUT2D eigenvalue weighted by atomic mass is 32.2. The molecule has 2 aromatic rings. The number of alkyl halides is 3. The molecule has 2 N–H and O–H groups in total. The second-order valence-corrected chi connectivity index (χ2v) is 14.0. The summed E-state index contributed by atoms with van der Waals surface area (Å²) in [6.07, 6.45) is -0.278. The molecule has 2 heterocycles. The third kappa shape index (κ3) is 7.56. The lowest BCUT2D eigenvalue weighted by molar-refractivity contribution is -0.137. The van der Waals surface area contributed by atoms with Gasteiger partial charge in [0, 0.05) is 68.8 Å². The first-order chi connectivity index (χ1) is 19.6. The SMILES string of the molecule is COc1cc(N2CCN(C(C)(C)C)CC2)ccc1Nc1ncc(C(F)(F)F)c(N[C@@H]2CCCC[C@H]2N(C)S(C)(=O)=O)n1. The molecule has 4 rings (SSSR count). The first-order valence-electron chi connectivity index (χ1n) is 14.2. The third-order valence-electron chi connectivity index (χ3n) is 8.16. The number of nitrogens with zero attached hydrogens (tertiary/aromatic N) is 5. The summed E-state index contributed by atoms with van der Waals surface area (Å²) in [6, 6.07) is 4.59. The quantitative estimate of drug-likeness (QED) is 0.435. The zero-order valence-electron chi connectivity index (χ0n) is 25.1. The van der Waals surface area contributed by atoms with Crippen molar-refractivity contribution in [1.29, 1.82) is 0 Å². The van der Waals surface area contributed by atoms with E-state index in [2.05, 4.69) is 51.2 Å². The fourth-order valence-corrected chi connectivity index (χ4v) is 6.38. The van der Waals surface area contributed by atoms with E-state index >= 15 is 0 Å². The van der Waals surface area contributed by atoms with Gasteiger partial charge in [0.25, 0.3) is 0 Å². The van der Waals surface area contributed by atoms with Gasteiger partial charge in [-0.25, -0.2) is 17.7 Å². The molecular formula is C28H42F3N7O3S. The summed E-state index contributed by atoms with van der Waals surface area (Å²) in [5.74, 6) is 0.0659. The highest BCUT2D eigenvalue weighted by molar-refractivity contribution is 7.88. The van der Waals surface area contributed by atoms with Crippen LogP contribution in [-0.4, -0.2) is 91.8 Å². The second kappa shape index (κ2) is 12.4. The number of halogens is 3. The third-order valence-corrected chi connectivity index (χ3v) is 9.48. The van der Waals surface area contributed by atoms with Gasteiger partial charge in [0.15, 0.2) is 0 Å². The van der Waals surface area contributed by atoms with E-state index in [4.69, 9.17) is 4.74 Å². The van der Waals surface area contributed by atoms with E-state index in [9.17, 15) is 21.6 Å². The van der Waals surface area contributed by atoms with Crippen LogP contribution in [-0.2, 0) is 16.2 Å². The van der Waals surface area contributed by atoms with Gasteiger partial charge in [0.05, 0.1) is 19.1 Å². The Kier molecular flexibility index (Phi) is 9.48. The molecule has 1 saturated heterocycles. The molecule has 0 bridgehead atoms. The van der Waals surface area contributed by atoms with Gasteiger partial charge in [-0.1, -0.05) is 12.8 Å². The largest absolute Gasteiger partial charge is 0.494 e. The molecule has 0 amide bonds. The van der Waals surface area contributed by atoms with Crippen LogP contribution in [0.2, 0.25) is 0 Å². The number of benzene rings is 1. The van der Waals surface area contributed by atoms with Gasteiger partial charge in [0.1, 0.15) is 17.1 Å². The minimum atomic E-state index is -4.70. The minimum Gasteiger partial charge on any atom is -0.494 e. The Morgan fingerprint density at radius 3 is 2.33 bits per heavy atom. The van der Waals surface area contributed by atoms with Gasteiger partial charge < -0.3 is 20.3 Å². The lowest BCUT2D eigenvalue weighted by Crippen LogP contribution is -2.53. The van der Waals surface area contributed by atoms with Crippen molar-refractivity contribution < 1.29 is 26.3 Å². The van der Waals surface area contributed by atoms with Crippen molar-refractivity contribution in [1.82, 2.24) is 19.2 Å². The van der Waals surface area contributed by atoms with Crippen LogP contribution in [0.3, 0.4) is 0 Å². The van der Waals surface area contributed by atoms with Crippen molar-refractivity contribution in [3.05, 3.63) is 30.0 Å². The van der Waals surface area contributed by atoms with Crippen molar-refractivity contribution in [3.8, 4) is 5.75 Å². The number of rotatable bonds is 8. The topological polar surface area (TPSA) is 103 Å². The Labute approximate surface area is 246 Å². The summed E-state index contributed by atoms with van der Waals surface area (Å²) in [5, 5.41) is 5.93. The summed E-state index contributed by atoms with van der Waals surface area (Å²) in [7, 11) is -0.550. The number of anilines is 4. The number of ether oxygens (including phenoxy) is 1. The summed E-state index contributed by atoms with van der Waals surface area (Å²) < 4.78 is 73.2. The van der Waals surface area contributed by atoms with Gasteiger partial charge in [-0.3, -0.25) is 4.90 Å². The van der Waals surface area contributed by atoms with Crippen molar-refractivity contribution in [2.24, 2.45) is 0 Å². The van der Waals surface area contributed by atoms with Crippen LogP contribution in [0, 0.1) is 0 Å². The number of hydrogen-bond acceptors (Lipinski definition) is 9. The molecule has 2 atom stereocenters. The number of hydrogen-bond donors (Lipinski definition) is 2. The number of piperazine rings is 1. The fourth-order valence-electron chi connectivity index (χ4n) is 5.63. The molecule has 1 aromatic heterocycles. The Bertz CT molecular complexity index is 1340. The average molecular weight is 614 g/mol. The van der Waals surface area contributed by atoms with Gasteiger partial charge in [0.2, 0.25) is 16.0 Å². The average Bonchev–Trinajstić information content (AvgIpc) is 2.92. The van der Waals surface area contributed by atoms with E-state index in [1.54, 1.807) is 6.07 Å². The van der Waals surface area contributed by atoms with Crippen LogP contribution >= 0.6 is 0 Å². The highest BCUT2D eigenvalue weighted by Gasteiger charge is 2.38. The zero-order valence-corrected chi connectivity index (χ0v) is 25.9. The standard InChI is InChI=1S/C28H42F3N7O3S/c1-27(2,3)38-15-13-37(14-16-38)19-11-12-22(24(17-19)41-5)34-26-32-18-20(28(29,30)31)25(35-26)33-21-9-7-8-10-23(21)36(4)42(6,39)40/h11-12,17-18,21,23H,7-10,13-16H2,1-6H3,(H2,32,33,34,35)/t21-,23-/m1/s1. The molecule has 0 spiro atoms.